The van der Waals surface area contributed by atoms with Gasteiger partial charge in [-0.3, -0.25) is 4.79 Å². The molecule has 1 amide bonds. The van der Waals surface area contributed by atoms with Crippen LogP contribution >= 0.6 is 0 Å². The van der Waals surface area contributed by atoms with Crippen molar-refractivity contribution >= 4 is 11.9 Å². The number of carboxylic acids is 1. The topological polar surface area (TPSA) is 66.4 Å². The number of amides is 1. The largest absolute Gasteiger partial charge is 0.480 e. The van der Waals surface area contributed by atoms with Crippen LogP contribution in [0.1, 0.15) is 43.2 Å². The molecule has 1 fully saturated rings. The van der Waals surface area contributed by atoms with Gasteiger partial charge in [0, 0.05) is 0 Å². The summed E-state index contributed by atoms with van der Waals surface area (Å²) in [5, 5.41) is 12.1. The average Bonchev–Trinajstić information content (AvgIpc) is 2.48. The normalized spacial score (nSPS) is 17.2. The minimum Gasteiger partial charge on any atom is -0.480 e. The second-order valence-corrected chi connectivity index (χ2v) is 5.88. The number of carboxylic acid groups (broad SMARTS) is 1. The van der Waals surface area contributed by atoms with Gasteiger partial charge in [0.25, 0.3) is 0 Å². The lowest BCUT2D eigenvalue weighted by molar-refractivity contribution is -0.143. The zero-order chi connectivity index (χ0) is 15.2. The zero-order valence-corrected chi connectivity index (χ0v) is 12.5. The van der Waals surface area contributed by atoms with E-state index in [2.05, 4.69) is 5.32 Å². The maximum Gasteiger partial charge on any atom is 0.326 e. The molecule has 21 heavy (non-hydrogen) atoms. The van der Waals surface area contributed by atoms with Crippen molar-refractivity contribution in [2.45, 2.75) is 51.5 Å². The molecule has 1 aliphatic carbocycles. The van der Waals surface area contributed by atoms with Crippen LogP contribution in [0.4, 0.5) is 0 Å². The van der Waals surface area contributed by atoms with E-state index in [1.165, 1.54) is 6.42 Å². The average molecular weight is 289 g/mol. The second kappa shape index (κ2) is 7.25. The Kier molecular flexibility index (Phi) is 5.37. The molecule has 0 saturated heterocycles. The zero-order valence-electron chi connectivity index (χ0n) is 12.5. The van der Waals surface area contributed by atoms with Crippen LogP contribution in [-0.4, -0.2) is 23.0 Å². The number of hydrogen-bond acceptors (Lipinski definition) is 2. The van der Waals surface area contributed by atoms with Crippen molar-refractivity contribution in [2.24, 2.45) is 5.92 Å². The SMILES string of the molecule is Cc1ccccc1CC(=O)NC(C(=O)O)C1CCCCC1. The van der Waals surface area contributed by atoms with Crippen LogP contribution in [0.5, 0.6) is 0 Å². The van der Waals surface area contributed by atoms with Gasteiger partial charge in [-0.25, -0.2) is 4.79 Å². The Labute approximate surface area is 125 Å². The van der Waals surface area contributed by atoms with Crippen LogP contribution in [0.2, 0.25) is 0 Å². The molecule has 1 aromatic rings. The van der Waals surface area contributed by atoms with Gasteiger partial charge >= 0.3 is 5.97 Å². The summed E-state index contributed by atoms with van der Waals surface area (Å²) in [6, 6.07) is 6.94. The number of nitrogens with one attached hydrogen (secondary N) is 1. The molecule has 0 spiro atoms. The lowest BCUT2D eigenvalue weighted by Crippen LogP contribution is -2.47. The third kappa shape index (κ3) is 4.31. The number of hydrogen-bond donors (Lipinski definition) is 2. The molecule has 1 saturated carbocycles. The highest BCUT2D eigenvalue weighted by atomic mass is 16.4. The molecule has 114 valence electrons. The Morgan fingerprint density at radius 2 is 1.90 bits per heavy atom. The highest BCUT2D eigenvalue weighted by Gasteiger charge is 2.30. The molecular formula is C17H23NO3. The fourth-order valence-electron chi connectivity index (χ4n) is 3.05. The van der Waals surface area contributed by atoms with E-state index in [9.17, 15) is 14.7 Å². The maximum atomic E-state index is 12.1. The van der Waals surface area contributed by atoms with Crippen LogP contribution in [0.3, 0.4) is 0 Å². The van der Waals surface area contributed by atoms with E-state index in [1.54, 1.807) is 0 Å². The molecule has 0 bridgehead atoms. The molecule has 1 atom stereocenters. The number of carbonyl (C=O) groups is 2. The Bertz CT molecular complexity index is 507. The van der Waals surface area contributed by atoms with Gasteiger partial charge in [-0.1, -0.05) is 43.5 Å². The van der Waals surface area contributed by atoms with Gasteiger partial charge in [-0.05, 0) is 36.8 Å². The maximum absolute atomic E-state index is 12.1. The quantitative estimate of drug-likeness (QED) is 0.876. The summed E-state index contributed by atoms with van der Waals surface area (Å²) >= 11 is 0. The van der Waals surface area contributed by atoms with Gasteiger partial charge in [0.05, 0.1) is 6.42 Å². The van der Waals surface area contributed by atoms with E-state index >= 15 is 0 Å². The number of aryl methyl sites for hydroxylation is 1. The number of rotatable bonds is 5. The molecule has 0 radical (unpaired) electrons. The summed E-state index contributed by atoms with van der Waals surface area (Å²) in [5.41, 5.74) is 2.00. The van der Waals surface area contributed by atoms with Gasteiger partial charge in [0.15, 0.2) is 0 Å². The molecule has 2 rings (SSSR count). The highest BCUT2D eigenvalue weighted by molar-refractivity contribution is 5.85. The first-order valence-electron chi connectivity index (χ1n) is 7.64. The third-order valence-corrected chi connectivity index (χ3v) is 4.32. The van der Waals surface area contributed by atoms with Crippen molar-refractivity contribution in [3.8, 4) is 0 Å². The predicted octanol–water partition coefficient (Wildman–Crippen LogP) is 2.69. The standard InChI is InChI=1S/C17H23NO3/c1-12-7-5-6-10-14(12)11-15(19)18-16(17(20)21)13-8-3-2-4-9-13/h5-7,10,13,16H,2-4,8-9,11H2,1H3,(H,18,19)(H,20,21). The number of carbonyl (C=O) groups excluding carboxylic acids is 1. The summed E-state index contributed by atoms with van der Waals surface area (Å²) < 4.78 is 0. The summed E-state index contributed by atoms with van der Waals surface area (Å²) in [5.74, 6) is -1.06. The molecule has 1 unspecified atom stereocenters. The molecular weight excluding hydrogens is 266 g/mol. The van der Waals surface area contributed by atoms with Crippen molar-refractivity contribution in [2.75, 3.05) is 0 Å². The van der Waals surface area contributed by atoms with Crippen LogP contribution in [0, 0.1) is 12.8 Å². The molecule has 1 aromatic carbocycles. The molecule has 4 heteroatoms. The van der Waals surface area contributed by atoms with E-state index in [-0.39, 0.29) is 18.2 Å². The van der Waals surface area contributed by atoms with E-state index in [0.29, 0.717) is 0 Å². The fraction of sp³-hybridized carbons (Fsp3) is 0.529. The van der Waals surface area contributed by atoms with Crippen molar-refractivity contribution in [3.63, 3.8) is 0 Å². The predicted molar refractivity (Wildman–Crippen MR) is 81.0 cm³/mol. The van der Waals surface area contributed by atoms with Crippen molar-refractivity contribution < 1.29 is 14.7 Å². The number of benzene rings is 1. The summed E-state index contributed by atoms with van der Waals surface area (Å²) in [6.45, 7) is 1.96. The summed E-state index contributed by atoms with van der Waals surface area (Å²) in [7, 11) is 0. The Hall–Kier alpha value is -1.84. The van der Waals surface area contributed by atoms with Crippen molar-refractivity contribution in [1.82, 2.24) is 5.32 Å². The van der Waals surface area contributed by atoms with E-state index in [0.717, 1.165) is 36.8 Å². The van der Waals surface area contributed by atoms with Gasteiger partial charge in [-0.2, -0.15) is 0 Å². The van der Waals surface area contributed by atoms with Gasteiger partial charge in [0.2, 0.25) is 5.91 Å². The first-order valence-corrected chi connectivity index (χ1v) is 7.64. The van der Waals surface area contributed by atoms with Crippen LogP contribution in [0.25, 0.3) is 0 Å². The summed E-state index contributed by atoms with van der Waals surface area (Å²) in [4.78, 5) is 23.6. The summed E-state index contributed by atoms with van der Waals surface area (Å²) in [6.07, 6.45) is 5.30. The van der Waals surface area contributed by atoms with E-state index in [1.807, 2.05) is 31.2 Å². The monoisotopic (exact) mass is 289 g/mol. The lowest BCUT2D eigenvalue weighted by atomic mass is 9.84. The third-order valence-electron chi connectivity index (χ3n) is 4.32. The van der Waals surface area contributed by atoms with Gasteiger partial charge in [-0.15, -0.1) is 0 Å². The molecule has 0 aliphatic heterocycles. The van der Waals surface area contributed by atoms with Gasteiger partial charge in [0.1, 0.15) is 6.04 Å². The Balaban J connectivity index is 1.98. The molecule has 2 N–H and O–H groups in total. The van der Waals surface area contributed by atoms with Crippen LogP contribution < -0.4 is 5.32 Å². The van der Waals surface area contributed by atoms with Gasteiger partial charge < -0.3 is 10.4 Å². The van der Waals surface area contributed by atoms with E-state index < -0.39 is 12.0 Å². The highest BCUT2D eigenvalue weighted by Crippen LogP contribution is 2.26. The smallest absolute Gasteiger partial charge is 0.326 e. The lowest BCUT2D eigenvalue weighted by Gasteiger charge is -2.28. The van der Waals surface area contributed by atoms with Crippen LogP contribution in [0.15, 0.2) is 24.3 Å². The Morgan fingerprint density at radius 3 is 2.52 bits per heavy atom. The molecule has 4 nitrogen and oxygen atoms in total. The Morgan fingerprint density at radius 1 is 1.24 bits per heavy atom. The first kappa shape index (κ1) is 15.5. The fourth-order valence-corrected chi connectivity index (χ4v) is 3.05. The molecule has 0 aromatic heterocycles. The van der Waals surface area contributed by atoms with Crippen molar-refractivity contribution in [1.29, 1.82) is 0 Å². The van der Waals surface area contributed by atoms with Crippen LogP contribution in [-0.2, 0) is 16.0 Å². The number of aliphatic carboxylic acids is 1. The first-order chi connectivity index (χ1) is 10.1. The second-order valence-electron chi connectivity index (χ2n) is 5.88. The minimum absolute atomic E-state index is 0.0667. The molecule has 0 heterocycles. The van der Waals surface area contributed by atoms with Crippen molar-refractivity contribution in [3.05, 3.63) is 35.4 Å². The molecule has 1 aliphatic rings. The van der Waals surface area contributed by atoms with E-state index in [4.69, 9.17) is 0 Å². The minimum atomic E-state index is -0.917.